The smallest absolute Gasteiger partial charge is 0.258 e. The predicted octanol–water partition coefficient (Wildman–Crippen LogP) is 3.13. The second-order valence-corrected chi connectivity index (χ2v) is 7.67. The van der Waals surface area contributed by atoms with E-state index in [1.165, 1.54) is 12.1 Å². The van der Waals surface area contributed by atoms with Crippen molar-refractivity contribution >= 4 is 46.6 Å². The van der Waals surface area contributed by atoms with Crippen molar-refractivity contribution < 1.29 is 14.3 Å². The minimum atomic E-state index is -0.226. The van der Waals surface area contributed by atoms with Crippen LogP contribution >= 0.6 is 34.8 Å². The molecule has 1 saturated heterocycles. The number of likely N-dealkylation sites (tertiary alicyclic amines) is 1. The van der Waals surface area contributed by atoms with Crippen molar-refractivity contribution in [3.63, 3.8) is 0 Å². The molecule has 0 radical (unpaired) electrons. The predicted molar refractivity (Wildman–Crippen MR) is 108 cm³/mol. The van der Waals surface area contributed by atoms with Crippen LogP contribution < -0.4 is 15.4 Å². The molecule has 2 N–H and O–H groups in total. The molecule has 0 atom stereocenters. The van der Waals surface area contributed by atoms with Gasteiger partial charge in [0.1, 0.15) is 5.75 Å². The molecule has 0 spiro atoms. The molecule has 0 saturated carbocycles. The summed E-state index contributed by atoms with van der Waals surface area (Å²) >= 11 is 17.8. The normalized spacial score (nSPS) is 15.4. The summed E-state index contributed by atoms with van der Waals surface area (Å²) in [6.07, 6.45) is 2.51. The molecule has 150 valence electrons. The van der Waals surface area contributed by atoms with Gasteiger partial charge >= 0.3 is 0 Å². The van der Waals surface area contributed by atoms with Crippen LogP contribution in [0.1, 0.15) is 26.2 Å². The number of benzene rings is 1. The Morgan fingerprint density at radius 3 is 2.44 bits per heavy atom. The van der Waals surface area contributed by atoms with Gasteiger partial charge in [0.2, 0.25) is 5.91 Å². The first-order valence-corrected chi connectivity index (χ1v) is 10.1. The Balaban J connectivity index is 1.70. The molecule has 1 heterocycles. The monoisotopic (exact) mass is 435 g/mol. The quantitative estimate of drug-likeness (QED) is 0.614. The number of nitrogens with one attached hydrogen (secondary N) is 2. The first-order chi connectivity index (χ1) is 12.9. The van der Waals surface area contributed by atoms with Gasteiger partial charge in [-0.25, -0.2) is 0 Å². The van der Waals surface area contributed by atoms with Crippen molar-refractivity contribution in [1.29, 1.82) is 0 Å². The zero-order valence-electron chi connectivity index (χ0n) is 15.2. The fourth-order valence-electron chi connectivity index (χ4n) is 2.79. The summed E-state index contributed by atoms with van der Waals surface area (Å²) in [5.41, 5.74) is 0. The van der Waals surface area contributed by atoms with Gasteiger partial charge in [0.25, 0.3) is 5.91 Å². The molecule has 0 aromatic heterocycles. The Labute approximate surface area is 174 Å². The fraction of sp³-hybridized carbons (Fsp3) is 0.556. The Bertz CT molecular complexity index is 665. The van der Waals surface area contributed by atoms with E-state index in [0.29, 0.717) is 33.9 Å². The second kappa shape index (κ2) is 11.0. The lowest BCUT2D eigenvalue weighted by atomic mass is 10.1. The van der Waals surface area contributed by atoms with Gasteiger partial charge in [-0.3, -0.25) is 14.5 Å². The molecular weight excluding hydrogens is 413 g/mol. The van der Waals surface area contributed by atoms with Crippen LogP contribution in [0.25, 0.3) is 0 Å². The lowest BCUT2D eigenvalue weighted by molar-refractivity contribution is -0.125. The van der Waals surface area contributed by atoms with Gasteiger partial charge in [0, 0.05) is 31.7 Å². The van der Waals surface area contributed by atoms with E-state index in [2.05, 4.69) is 15.5 Å². The van der Waals surface area contributed by atoms with Gasteiger partial charge in [-0.05, 0) is 25.3 Å². The molecule has 2 rings (SSSR count). The van der Waals surface area contributed by atoms with E-state index < -0.39 is 0 Å². The van der Waals surface area contributed by atoms with Crippen LogP contribution in [0.5, 0.6) is 5.75 Å². The SMILES string of the molecule is CCCNC(=O)CN1CCC(NC(=O)COc2cc(Cl)c(Cl)cc2Cl)CC1. The van der Waals surface area contributed by atoms with Crippen LogP contribution in [0.2, 0.25) is 15.1 Å². The Kier molecular flexibility index (Phi) is 8.96. The minimum Gasteiger partial charge on any atom is -0.482 e. The largest absolute Gasteiger partial charge is 0.482 e. The highest BCUT2D eigenvalue weighted by molar-refractivity contribution is 6.43. The molecule has 0 aliphatic carbocycles. The zero-order valence-corrected chi connectivity index (χ0v) is 17.5. The van der Waals surface area contributed by atoms with Crippen LogP contribution in [-0.4, -0.2) is 55.5 Å². The summed E-state index contributed by atoms with van der Waals surface area (Å²) in [5, 5.41) is 6.76. The molecule has 27 heavy (non-hydrogen) atoms. The molecule has 1 aromatic carbocycles. The third-order valence-corrected chi connectivity index (χ3v) is 5.24. The number of rotatable bonds is 8. The maximum Gasteiger partial charge on any atom is 0.258 e. The first-order valence-electron chi connectivity index (χ1n) is 8.94. The highest BCUT2D eigenvalue weighted by atomic mass is 35.5. The fourth-order valence-corrected chi connectivity index (χ4v) is 3.38. The number of nitrogens with zero attached hydrogens (tertiary/aromatic N) is 1. The van der Waals surface area contributed by atoms with E-state index in [-0.39, 0.29) is 24.5 Å². The van der Waals surface area contributed by atoms with E-state index in [1.807, 2.05) is 6.92 Å². The number of halogens is 3. The average molecular weight is 437 g/mol. The third-order valence-electron chi connectivity index (χ3n) is 4.23. The van der Waals surface area contributed by atoms with Gasteiger partial charge in [0.05, 0.1) is 21.6 Å². The number of ether oxygens (including phenoxy) is 1. The number of hydrogen-bond acceptors (Lipinski definition) is 4. The van der Waals surface area contributed by atoms with Crippen LogP contribution in [0.4, 0.5) is 0 Å². The summed E-state index contributed by atoms with van der Waals surface area (Å²) in [7, 11) is 0. The van der Waals surface area contributed by atoms with Gasteiger partial charge in [0.15, 0.2) is 6.61 Å². The van der Waals surface area contributed by atoms with Crippen LogP contribution in [0, 0.1) is 0 Å². The molecule has 0 bridgehead atoms. The topological polar surface area (TPSA) is 70.7 Å². The van der Waals surface area contributed by atoms with Crippen molar-refractivity contribution in [2.45, 2.75) is 32.2 Å². The summed E-state index contributed by atoms with van der Waals surface area (Å²) in [6, 6.07) is 3.03. The number of piperidine rings is 1. The molecular formula is C18H24Cl3N3O3. The number of hydrogen-bond donors (Lipinski definition) is 2. The van der Waals surface area contributed by atoms with E-state index in [1.54, 1.807) is 0 Å². The second-order valence-electron chi connectivity index (χ2n) is 6.45. The highest BCUT2D eigenvalue weighted by Crippen LogP contribution is 2.33. The summed E-state index contributed by atoms with van der Waals surface area (Å²) < 4.78 is 5.44. The number of amides is 2. The number of carbonyl (C=O) groups is 2. The van der Waals surface area contributed by atoms with Crippen molar-refractivity contribution in [2.75, 3.05) is 32.8 Å². The average Bonchev–Trinajstić information content (AvgIpc) is 2.63. The molecule has 1 aromatic rings. The van der Waals surface area contributed by atoms with E-state index in [9.17, 15) is 9.59 Å². The van der Waals surface area contributed by atoms with Crippen molar-refractivity contribution in [2.24, 2.45) is 0 Å². The summed E-state index contributed by atoms with van der Waals surface area (Å²) in [5.74, 6) is 0.136. The van der Waals surface area contributed by atoms with Gasteiger partial charge in [-0.15, -0.1) is 0 Å². The third kappa shape index (κ3) is 7.37. The molecule has 9 heteroatoms. The molecule has 2 amide bonds. The molecule has 0 unspecified atom stereocenters. The Hall–Kier alpha value is -1.21. The van der Waals surface area contributed by atoms with E-state index >= 15 is 0 Å². The number of carbonyl (C=O) groups excluding carboxylic acids is 2. The molecule has 6 nitrogen and oxygen atoms in total. The summed E-state index contributed by atoms with van der Waals surface area (Å²) in [6.45, 7) is 4.51. The Morgan fingerprint density at radius 2 is 1.78 bits per heavy atom. The molecule has 1 fully saturated rings. The molecule has 1 aliphatic rings. The van der Waals surface area contributed by atoms with Gasteiger partial charge < -0.3 is 15.4 Å². The van der Waals surface area contributed by atoms with Crippen LogP contribution in [0.3, 0.4) is 0 Å². The zero-order chi connectivity index (χ0) is 19.8. The maximum absolute atomic E-state index is 12.1. The standard InChI is InChI=1S/C18H24Cl3N3O3/c1-2-5-22-17(25)10-24-6-3-12(4-7-24)23-18(26)11-27-16-9-14(20)13(19)8-15(16)21/h8-9,12H,2-7,10-11H2,1H3,(H,22,25)(H,23,26). The van der Waals surface area contributed by atoms with Gasteiger partial charge in [-0.1, -0.05) is 41.7 Å². The van der Waals surface area contributed by atoms with Gasteiger partial charge in [-0.2, -0.15) is 0 Å². The first kappa shape index (κ1) is 22.1. The van der Waals surface area contributed by atoms with Crippen LogP contribution in [0.15, 0.2) is 12.1 Å². The lowest BCUT2D eigenvalue weighted by Gasteiger charge is -2.31. The van der Waals surface area contributed by atoms with E-state index in [0.717, 1.165) is 32.4 Å². The minimum absolute atomic E-state index is 0.0474. The van der Waals surface area contributed by atoms with Crippen molar-refractivity contribution in [1.82, 2.24) is 15.5 Å². The Morgan fingerprint density at radius 1 is 1.11 bits per heavy atom. The van der Waals surface area contributed by atoms with E-state index in [4.69, 9.17) is 39.5 Å². The van der Waals surface area contributed by atoms with Crippen molar-refractivity contribution in [3.8, 4) is 5.75 Å². The molecule has 1 aliphatic heterocycles. The van der Waals surface area contributed by atoms with Crippen molar-refractivity contribution in [3.05, 3.63) is 27.2 Å². The van der Waals surface area contributed by atoms with Crippen LogP contribution in [-0.2, 0) is 9.59 Å². The maximum atomic E-state index is 12.1. The lowest BCUT2D eigenvalue weighted by Crippen LogP contribution is -2.48. The highest BCUT2D eigenvalue weighted by Gasteiger charge is 2.22. The summed E-state index contributed by atoms with van der Waals surface area (Å²) in [4.78, 5) is 26.0.